The molecular formula is C33H31N5O7S. The van der Waals surface area contributed by atoms with Gasteiger partial charge in [0.2, 0.25) is 0 Å². The van der Waals surface area contributed by atoms with Crippen molar-refractivity contribution in [1.29, 1.82) is 5.41 Å². The van der Waals surface area contributed by atoms with Crippen molar-refractivity contribution in [2.45, 2.75) is 13.8 Å². The maximum atomic E-state index is 13.5. The Bertz CT molecular complexity index is 1800. The van der Waals surface area contributed by atoms with Crippen LogP contribution in [0.2, 0.25) is 0 Å². The van der Waals surface area contributed by atoms with Crippen LogP contribution in [0.5, 0.6) is 5.75 Å². The van der Waals surface area contributed by atoms with Crippen LogP contribution in [-0.2, 0) is 9.59 Å². The Labute approximate surface area is 268 Å². The molecule has 0 aliphatic heterocycles. The van der Waals surface area contributed by atoms with E-state index in [0.717, 1.165) is 11.8 Å². The van der Waals surface area contributed by atoms with Crippen LogP contribution in [0.25, 0.3) is 10.8 Å². The number of benzene rings is 3. The van der Waals surface area contributed by atoms with Crippen LogP contribution in [0.4, 0.5) is 5.69 Å². The zero-order chi connectivity index (χ0) is 33.8. The first kappa shape index (κ1) is 34.7. The van der Waals surface area contributed by atoms with Crippen molar-refractivity contribution in [2.75, 3.05) is 18.4 Å². The van der Waals surface area contributed by atoms with Crippen molar-refractivity contribution >= 4 is 57.9 Å². The van der Waals surface area contributed by atoms with E-state index in [1.807, 2.05) is 0 Å². The number of carbonyl (C=O) groups excluding carboxylic acids is 3. The Morgan fingerprint density at radius 1 is 0.978 bits per heavy atom. The number of aliphatic carboxylic acids is 1. The average molecular weight is 642 g/mol. The molecule has 0 saturated carbocycles. The summed E-state index contributed by atoms with van der Waals surface area (Å²) in [4.78, 5) is 62.0. The van der Waals surface area contributed by atoms with E-state index in [4.69, 9.17) is 15.9 Å². The maximum Gasteiger partial charge on any atom is 0.343 e. The highest BCUT2D eigenvalue weighted by molar-refractivity contribution is 8.07. The molecule has 46 heavy (non-hydrogen) atoms. The van der Waals surface area contributed by atoms with Crippen molar-refractivity contribution in [3.05, 3.63) is 123 Å². The number of hydrogen-bond acceptors (Lipinski definition) is 8. The van der Waals surface area contributed by atoms with Gasteiger partial charge >= 0.3 is 17.8 Å². The van der Waals surface area contributed by atoms with E-state index in [1.54, 1.807) is 80.6 Å². The quantitative estimate of drug-likeness (QED) is 0.0335. The first-order valence-electron chi connectivity index (χ1n) is 13.7. The summed E-state index contributed by atoms with van der Waals surface area (Å²) in [7, 11) is 0. The lowest BCUT2D eigenvalue weighted by atomic mass is 10.1. The molecule has 0 radical (unpaired) electrons. The third-order valence-electron chi connectivity index (χ3n) is 6.33. The van der Waals surface area contributed by atoms with Crippen molar-refractivity contribution < 1.29 is 29.0 Å². The molecule has 3 aromatic rings. The predicted octanol–water partition coefficient (Wildman–Crippen LogP) is 5.84. The molecule has 5 N–H and O–H groups in total. The second kappa shape index (κ2) is 16.3. The molecule has 236 valence electrons. The first-order chi connectivity index (χ1) is 21.9. The number of hydrogen-bond donors (Lipinski definition) is 4. The van der Waals surface area contributed by atoms with Crippen LogP contribution in [0.3, 0.4) is 0 Å². The lowest BCUT2D eigenvalue weighted by molar-refractivity contribution is -0.131. The highest BCUT2D eigenvalue weighted by Gasteiger charge is 2.21. The topological polar surface area (TPSA) is 192 Å². The van der Waals surface area contributed by atoms with Gasteiger partial charge in [0.15, 0.2) is 5.96 Å². The molecule has 0 spiro atoms. The summed E-state index contributed by atoms with van der Waals surface area (Å²) in [6, 6.07) is 16.0. The molecule has 0 bridgehead atoms. The number of nitrogens with zero attached hydrogens (tertiary/aromatic N) is 2. The Morgan fingerprint density at radius 3 is 2.24 bits per heavy atom. The fourth-order valence-electron chi connectivity index (χ4n) is 4.07. The van der Waals surface area contributed by atoms with Crippen molar-refractivity contribution in [3.8, 4) is 5.75 Å². The van der Waals surface area contributed by atoms with E-state index in [0.29, 0.717) is 26.9 Å². The zero-order valence-electron chi connectivity index (χ0n) is 25.0. The number of anilines is 1. The highest BCUT2D eigenvalue weighted by atomic mass is 32.2. The van der Waals surface area contributed by atoms with Crippen molar-refractivity contribution in [1.82, 2.24) is 4.90 Å². The number of rotatable bonds is 13. The molecule has 0 unspecified atom stereocenters. The van der Waals surface area contributed by atoms with Gasteiger partial charge in [-0.3, -0.25) is 15.0 Å². The smallest absolute Gasteiger partial charge is 0.343 e. The third-order valence-corrected chi connectivity index (χ3v) is 7.35. The summed E-state index contributed by atoms with van der Waals surface area (Å²) in [5, 5.41) is 22.9. The van der Waals surface area contributed by atoms with Crippen LogP contribution in [-0.4, -0.2) is 52.8 Å². The molecule has 0 aliphatic carbocycles. The Morgan fingerprint density at radius 2 is 1.63 bits per heavy atom. The number of carbonyl (C=O) groups is 4. The van der Waals surface area contributed by atoms with Gasteiger partial charge in [0.05, 0.1) is 10.5 Å². The van der Waals surface area contributed by atoms with Gasteiger partial charge in [-0.2, -0.15) is 0 Å². The monoisotopic (exact) mass is 641 g/mol. The lowest BCUT2D eigenvalue weighted by Gasteiger charge is -2.22. The van der Waals surface area contributed by atoms with Gasteiger partial charge in [0, 0.05) is 27.9 Å². The molecule has 0 atom stereocenters. The van der Waals surface area contributed by atoms with Gasteiger partial charge in [-0.15, -0.1) is 4.91 Å². The minimum absolute atomic E-state index is 0.0425. The van der Waals surface area contributed by atoms with Crippen LogP contribution in [0.1, 0.15) is 34.6 Å². The largest absolute Gasteiger partial charge is 0.477 e. The number of amides is 2. The average Bonchev–Trinajstić information content (AvgIpc) is 3.04. The zero-order valence-corrected chi connectivity index (χ0v) is 25.8. The lowest BCUT2D eigenvalue weighted by Crippen LogP contribution is -2.36. The normalized spacial score (nSPS) is 11.6. The minimum atomic E-state index is -1.08. The number of esters is 1. The molecule has 0 fully saturated rings. The van der Waals surface area contributed by atoms with E-state index < -0.39 is 30.3 Å². The standard InChI is InChI=1S/C33H31N5O7S/c1-4-21(7-6-20(3)46-28(5-2)31(41)42)18-38(19-29(39)37-44)30(40)25-9-8-24-17-27(15-12-23(24)16-25)45-32(43)22-10-13-26(14-11-22)36-33(34)35/h4-17H,3,18-19H2,1-2H3,(H,41,42)(H4,34,35,36)/b7-6-,21-4+,28-5-. The summed E-state index contributed by atoms with van der Waals surface area (Å²) in [6.07, 6.45) is 6.40. The number of carboxylic acid groups (broad SMARTS) is 1. The highest BCUT2D eigenvalue weighted by Crippen LogP contribution is 2.26. The molecule has 2 amide bonds. The van der Waals surface area contributed by atoms with Gasteiger partial charge in [-0.25, -0.2) is 9.59 Å². The fourth-order valence-corrected chi connectivity index (χ4v) is 4.69. The van der Waals surface area contributed by atoms with Gasteiger partial charge in [0.25, 0.3) is 5.91 Å². The number of ether oxygens (including phenoxy) is 1. The van der Waals surface area contributed by atoms with Crippen molar-refractivity contribution in [2.24, 2.45) is 10.9 Å². The molecular weight excluding hydrogens is 610 g/mol. The fraction of sp³-hybridized carbons (Fsp3) is 0.121. The number of fused-ring (bicyclic) bond motifs is 1. The van der Waals surface area contributed by atoms with Crippen LogP contribution < -0.4 is 15.8 Å². The van der Waals surface area contributed by atoms with Crippen LogP contribution in [0.15, 0.2) is 112 Å². The molecule has 3 aromatic carbocycles. The van der Waals surface area contributed by atoms with Gasteiger partial charge in [-0.05, 0) is 84.8 Å². The second-order valence-corrected chi connectivity index (χ2v) is 10.8. The van der Waals surface area contributed by atoms with Crippen molar-refractivity contribution in [3.63, 3.8) is 0 Å². The predicted molar refractivity (Wildman–Crippen MR) is 179 cm³/mol. The first-order valence-corrected chi connectivity index (χ1v) is 14.5. The number of allylic oxidation sites excluding steroid dienone is 3. The Kier molecular flexibility index (Phi) is 12.3. The molecule has 0 heterocycles. The summed E-state index contributed by atoms with van der Waals surface area (Å²) in [5.74, 6) is -3.18. The summed E-state index contributed by atoms with van der Waals surface area (Å²) >= 11 is 0.970. The Balaban J connectivity index is 1.77. The van der Waals surface area contributed by atoms with Gasteiger partial charge in [0.1, 0.15) is 12.3 Å². The molecule has 13 heteroatoms. The molecule has 0 aliphatic rings. The van der Waals surface area contributed by atoms with E-state index in [9.17, 15) is 29.2 Å². The second-order valence-electron chi connectivity index (χ2n) is 9.60. The van der Waals surface area contributed by atoms with E-state index in [-0.39, 0.29) is 34.3 Å². The van der Waals surface area contributed by atoms with E-state index in [1.165, 1.54) is 23.1 Å². The SMILES string of the molecule is C=C(/C=C\C(=C/C)CN(CC(=O)N=O)C(=O)c1ccc2cc(OC(=O)c3ccc(NC(=N)N)cc3)ccc2c1)S/C(=C\C)C(=O)O. The van der Waals surface area contributed by atoms with Crippen LogP contribution in [0, 0.1) is 10.3 Å². The van der Waals surface area contributed by atoms with Gasteiger partial charge < -0.3 is 25.8 Å². The maximum absolute atomic E-state index is 13.5. The summed E-state index contributed by atoms with van der Waals surface area (Å²) in [5.41, 5.74) is 6.99. The number of nitroso groups, excluding NO2 is 1. The molecule has 0 saturated heterocycles. The number of thioether (sulfide) groups is 1. The number of nitrogens with one attached hydrogen (secondary N) is 2. The minimum Gasteiger partial charge on any atom is -0.477 e. The van der Waals surface area contributed by atoms with Crippen LogP contribution >= 0.6 is 11.8 Å². The van der Waals surface area contributed by atoms with Gasteiger partial charge in [-0.1, -0.05) is 48.7 Å². The Hall–Kier alpha value is -5.82. The summed E-state index contributed by atoms with van der Waals surface area (Å²) < 4.78 is 5.51. The molecule has 3 rings (SSSR count). The molecule has 12 nitrogen and oxygen atoms in total. The number of nitrogens with two attached hydrogens (primary N) is 1. The third kappa shape index (κ3) is 9.86. The number of carboxylic acids is 1. The number of guanidine groups is 1. The summed E-state index contributed by atoms with van der Waals surface area (Å²) in [6.45, 7) is 6.58. The molecule has 0 aromatic heterocycles. The van der Waals surface area contributed by atoms with E-state index >= 15 is 0 Å². The van der Waals surface area contributed by atoms with E-state index in [2.05, 4.69) is 17.1 Å².